The molecule has 422 valence electrons. The highest BCUT2D eigenvalue weighted by Gasteiger charge is 2.29. The first-order valence-electron chi connectivity index (χ1n) is 23.2. The van der Waals surface area contributed by atoms with Crippen molar-refractivity contribution < 1.29 is 81.4 Å². The van der Waals surface area contributed by atoms with Gasteiger partial charge < -0.3 is 41.8 Å². The molecule has 26 nitrogen and oxygen atoms in total. The quantitative estimate of drug-likeness (QED) is 0.0269. The number of nitrogens with two attached hydrogens (primary N) is 2. The first-order chi connectivity index (χ1) is 36.9. The molecule has 2 aromatic carbocycles. The van der Waals surface area contributed by atoms with Crippen LogP contribution in [0.3, 0.4) is 0 Å². The van der Waals surface area contributed by atoms with Gasteiger partial charge >= 0.3 is 36.5 Å². The standard InChI is InChI=1S/C46H62N8O10S2.4CO2/c1-8-20-54(27-31-9-14-36-35(26-31)43(61)53-45(48)52-36)33-12-10-32(11-13-33)42(60)51-37(44(62)64-46(5,6)7)15-16-39(57)63-21-23-66-65-22-17-34(55)24-28(2)41(59)50-30(4)38(56)25-29(3)40(58)49-19-18-47;4*2-1-3/h1,9-14,26,28-30,37H,15-25,27,47H2,2-7H3,(H,49,58)(H,50,59)(H,51,60)(H3,48,52,53,61);;;;. The van der Waals surface area contributed by atoms with Gasteiger partial charge in [-0.1, -0.05) is 47.4 Å². The summed E-state index contributed by atoms with van der Waals surface area (Å²) in [7, 11) is 2.82. The Kier molecular flexibility index (Phi) is 37.6. The Morgan fingerprint density at radius 2 is 1.38 bits per heavy atom. The first-order valence-corrected chi connectivity index (χ1v) is 25.7. The number of esters is 2. The van der Waals surface area contributed by atoms with Crippen molar-refractivity contribution in [1.82, 2.24) is 25.9 Å². The van der Waals surface area contributed by atoms with Gasteiger partial charge in [-0.15, -0.1) is 6.42 Å². The zero-order chi connectivity index (χ0) is 59.8. The van der Waals surface area contributed by atoms with Crippen LogP contribution in [0.15, 0.2) is 47.3 Å². The molecule has 1 aromatic heterocycles. The lowest BCUT2D eigenvalue weighted by Crippen LogP contribution is -2.44. The second kappa shape index (κ2) is 40.9. The number of nitrogens with zero attached hydrogens (tertiary/aromatic N) is 2. The van der Waals surface area contributed by atoms with Crippen molar-refractivity contribution in [2.24, 2.45) is 17.6 Å². The van der Waals surface area contributed by atoms with Gasteiger partial charge in [0, 0.05) is 79.9 Å². The number of Topliss-reactive ketones (excluding diaryl/α,β-unsaturated/α-hetero) is 2. The number of hydrogen-bond acceptors (Lipinski definition) is 24. The molecular formula is C50H62N8O18S2. The van der Waals surface area contributed by atoms with Gasteiger partial charge in [0.15, 0.2) is 5.78 Å². The van der Waals surface area contributed by atoms with E-state index < -0.39 is 53.3 Å². The van der Waals surface area contributed by atoms with Crippen LogP contribution in [0, 0.1) is 24.2 Å². The smallest absolute Gasteiger partial charge is 0.373 e. The van der Waals surface area contributed by atoms with Crippen molar-refractivity contribution in [2.45, 2.75) is 97.9 Å². The summed E-state index contributed by atoms with van der Waals surface area (Å²) in [5, 5.41) is 8.34. The van der Waals surface area contributed by atoms with Gasteiger partial charge in [-0.05, 0) is 76.1 Å². The molecule has 4 atom stereocenters. The molecule has 4 unspecified atom stereocenters. The number of benzene rings is 2. The monoisotopic (exact) mass is 1130 g/mol. The number of ether oxygens (including phenoxy) is 2. The van der Waals surface area contributed by atoms with Crippen molar-refractivity contribution in [3.63, 3.8) is 0 Å². The van der Waals surface area contributed by atoms with E-state index in [1.54, 1.807) is 77.9 Å². The topological polar surface area (TPSA) is 412 Å². The molecule has 0 aliphatic carbocycles. The fourth-order valence-corrected chi connectivity index (χ4v) is 8.13. The summed E-state index contributed by atoms with van der Waals surface area (Å²) in [5.74, 6) is -0.630. The number of aromatic amines is 1. The van der Waals surface area contributed by atoms with Crippen molar-refractivity contribution in [1.29, 1.82) is 0 Å². The number of carbonyl (C=O) groups excluding carboxylic acids is 15. The van der Waals surface area contributed by atoms with Crippen LogP contribution in [0.4, 0.5) is 11.6 Å². The molecule has 1 heterocycles. The molecule has 0 radical (unpaired) electrons. The third-order valence-electron chi connectivity index (χ3n) is 9.77. The molecule has 28 heteroatoms. The molecule has 0 fully saturated rings. The number of H-pyrrole nitrogens is 1. The highest BCUT2D eigenvalue weighted by molar-refractivity contribution is 8.76. The maximum Gasteiger partial charge on any atom is 0.373 e. The average molecular weight is 1130 g/mol. The number of fused-ring (bicyclic) bond motifs is 1. The number of terminal acetylenes is 1. The van der Waals surface area contributed by atoms with Crippen LogP contribution in [0.5, 0.6) is 0 Å². The number of nitrogens with one attached hydrogen (secondary N) is 4. The van der Waals surface area contributed by atoms with Gasteiger partial charge in [-0.2, -0.15) is 38.4 Å². The number of aromatic nitrogens is 2. The van der Waals surface area contributed by atoms with Crippen LogP contribution in [-0.4, -0.2) is 131 Å². The van der Waals surface area contributed by atoms with E-state index in [1.165, 1.54) is 21.6 Å². The summed E-state index contributed by atoms with van der Waals surface area (Å²) in [5.41, 5.74) is 12.0. The number of hydrogen-bond donors (Lipinski definition) is 6. The molecule has 0 saturated carbocycles. The lowest BCUT2D eigenvalue weighted by atomic mass is 9.98. The molecule has 3 aromatic rings. The molecule has 0 aliphatic heterocycles. The first kappa shape index (κ1) is 71.7. The fraction of sp³-hybridized carbons (Fsp3) is 0.460. The number of carbonyl (C=O) groups is 7. The normalized spacial score (nSPS) is 11.4. The average Bonchev–Trinajstić information content (AvgIpc) is 3.36. The van der Waals surface area contributed by atoms with Crippen molar-refractivity contribution >= 4 is 110 Å². The summed E-state index contributed by atoms with van der Waals surface area (Å²) < 4.78 is 10.9. The highest BCUT2D eigenvalue weighted by Crippen LogP contribution is 2.23. The maximum absolute atomic E-state index is 13.4. The Labute approximate surface area is 455 Å². The minimum atomic E-state index is -1.15. The largest absolute Gasteiger partial charge is 0.465 e. The van der Waals surface area contributed by atoms with E-state index in [2.05, 4.69) is 31.8 Å². The second-order valence-corrected chi connectivity index (χ2v) is 19.7. The van der Waals surface area contributed by atoms with Gasteiger partial charge in [0.2, 0.25) is 17.8 Å². The van der Waals surface area contributed by atoms with Gasteiger partial charge in [0.25, 0.3) is 11.5 Å². The molecular weight excluding hydrogens is 1060 g/mol. The molecule has 3 rings (SSSR count). The molecule has 0 aliphatic rings. The van der Waals surface area contributed by atoms with E-state index in [0.717, 1.165) is 5.56 Å². The van der Waals surface area contributed by atoms with E-state index in [9.17, 15) is 38.4 Å². The van der Waals surface area contributed by atoms with Crippen LogP contribution in [0.1, 0.15) is 89.6 Å². The Balaban J connectivity index is 0. The summed E-state index contributed by atoms with van der Waals surface area (Å²) >= 11 is 0. The third-order valence-corrected chi connectivity index (χ3v) is 12.1. The van der Waals surface area contributed by atoms with Crippen molar-refractivity contribution in [3.8, 4) is 12.3 Å². The lowest BCUT2D eigenvalue weighted by Gasteiger charge is -2.25. The molecule has 0 saturated heterocycles. The number of rotatable bonds is 27. The SMILES string of the molecule is C#CCN(Cc1ccc2nc(N)[nH]c(=O)c2c1)c1ccc(C(=O)NC(CCC(=O)OCCSSCCC(=O)CC(C)C(=O)NC(C)C(=O)CC(C)C(=O)NCCN)C(=O)OC(C)(C)C)cc1.O=C=O.O=C=O.O=C=O.O=C=O. The number of ketones is 2. The Bertz CT molecular complexity index is 2630. The van der Waals surface area contributed by atoms with Gasteiger partial charge in [0.05, 0.1) is 23.5 Å². The molecule has 0 spiro atoms. The number of nitrogen functional groups attached to an aromatic ring is 1. The molecule has 0 bridgehead atoms. The van der Waals surface area contributed by atoms with Crippen LogP contribution in [-0.2, 0) is 83.1 Å². The lowest BCUT2D eigenvalue weighted by molar-refractivity contribution is -0.193. The fourth-order valence-electron chi connectivity index (χ4n) is 6.27. The van der Waals surface area contributed by atoms with Gasteiger partial charge in [-0.3, -0.25) is 38.5 Å². The van der Waals surface area contributed by atoms with E-state index in [1.807, 2.05) is 11.0 Å². The number of amides is 3. The van der Waals surface area contributed by atoms with Crippen LogP contribution in [0.25, 0.3) is 10.9 Å². The predicted octanol–water partition coefficient (Wildman–Crippen LogP) is 1.12. The van der Waals surface area contributed by atoms with E-state index >= 15 is 0 Å². The minimum Gasteiger partial charge on any atom is -0.465 e. The Hall–Kier alpha value is -8.39. The summed E-state index contributed by atoms with van der Waals surface area (Å²) in [6.07, 6.45) is 6.60. The summed E-state index contributed by atoms with van der Waals surface area (Å²) in [6.45, 7) is 11.1. The van der Waals surface area contributed by atoms with Gasteiger partial charge in [0.1, 0.15) is 24.0 Å². The third kappa shape index (κ3) is 31.5. The van der Waals surface area contributed by atoms with Crippen LogP contribution >= 0.6 is 21.6 Å². The molecule has 3 amide bonds. The summed E-state index contributed by atoms with van der Waals surface area (Å²) in [6, 6.07) is 9.88. The summed E-state index contributed by atoms with van der Waals surface area (Å²) in [4.78, 5) is 175. The predicted molar refractivity (Wildman–Crippen MR) is 277 cm³/mol. The maximum atomic E-state index is 13.4. The van der Waals surface area contributed by atoms with E-state index in [4.69, 9.17) is 65.7 Å². The van der Waals surface area contributed by atoms with Crippen LogP contribution in [0.2, 0.25) is 0 Å². The Morgan fingerprint density at radius 1 is 0.808 bits per heavy atom. The highest BCUT2D eigenvalue weighted by atomic mass is 33.1. The second-order valence-electron chi connectivity index (χ2n) is 17.0. The van der Waals surface area contributed by atoms with Gasteiger partial charge in [-0.25, -0.2) is 9.78 Å². The van der Waals surface area contributed by atoms with E-state index in [0.29, 0.717) is 41.2 Å². The molecule has 78 heavy (non-hydrogen) atoms. The zero-order valence-corrected chi connectivity index (χ0v) is 45.3. The zero-order valence-electron chi connectivity index (χ0n) is 43.6. The Morgan fingerprint density at radius 3 is 1.95 bits per heavy atom. The van der Waals surface area contributed by atoms with E-state index in [-0.39, 0.29) is 111 Å². The minimum absolute atomic E-state index is 0.00503. The van der Waals surface area contributed by atoms with Crippen LogP contribution < -0.4 is 37.9 Å². The van der Waals surface area contributed by atoms with Crippen molar-refractivity contribution in [3.05, 3.63) is 63.9 Å². The number of anilines is 2. The molecule has 8 N–H and O–H groups in total. The van der Waals surface area contributed by atoms with Crippen molar-refractivity contribution in [2.75, 3.05) is 48.4 Å².